The van der Waals surface area contributed by atoms with Gasteiger partial charge in [0, 0.05) is 55.7 Å². The molecule has 0 aromatic carbocycles. The summed E-state index contributed by atoms with van der Waals surface area (Å²) in [7, 11) is 0. The maximum atomic E-state index is 11.8. The Hall–Kier alpha value is -2.97. The van der Waals surface area contributed by atoms with E-state index < -0.39 is 0 Å². The van der Waals surface area contributed by atoms with E-state index in [2.05, 4.69) is 35.9 Å². The Kier molecular flexibility index (Phi) is 6.63. The van der Waals surface area contributed by atoms with E-state index in [1.54, 1.807) is 0 Å². The van der Waals surface area contributed by atoms with Gasteiger partial charge in [-0.2, -0.15) is 0 Å². The van der Waals surface area contributed by atoms with E-state index in [0.29, 0.717) is 17.9 Å². The number of piperidine rings is 1. The monoisotopic (exact) mass is 503 g/mol. The maximum absolute atomic E-state index is 11.8. The first-order valence-electron chi connectivity index (χ1n) is 13.7. The molecular weight excluding hydrogens is 466 g/mol. The number of hydrogen-bond donors (Lipinski definition) is 1. The standard InChI is InChI=1S/C29H37N5O3/c1-4-26(35)34-16-22(17-34)33-11-6-21(7-12-33)24-15-25-28(18(2)31-24)37-19(3)27-23(5-10-30-29(27)32-25)20-8-13-36-14-9-20/h4-5,10,15,19-22H,1,6-9,11-14,16-17H2,2-3H3,(H,30,32)/t19-/m0/s1. The van der Waals surface area contributed by atoms with Crippen LogP contribution in [0.1, 0.15) is 73.1 Å². The Labute approximate surface area is 219 Å². The second-order valence-electron chi connectivity index (χ2n) is 10.9. The van der Waals surface area contributed by atoms with Crippen molar-refractivity contribution in [3.8, 4) is 5.75 Å². The predicted molar refractivity (Wildman–Crippen MR) is 142 cm³/mol. The van der Waals surface area contributed by atoms with Crippen LogP contribution in [0.2, 0.25) is 0 Å². The van der Waals surface area contributed by atoms with E-state index >= 15 is 0 Å². The molecule has 0 unspecified atom stereocenters. The molecule has 8 heteroatoms. The van der Waals surface area contributed by atoms with Gasteiger partial charge in [0.15, 0.2) is 5.75 Å². The zero-order valence-corrected chi connectivity index (χ0v) is 21.9. The van der Waals surface area contributed by atoms with Crippen molar-refractivity contribution in [1.82, 2.24) is 19.8 Å². The third kappa shape index (κ3) is 4.61. The van der Waals surface area contributed by atoms with Gasteiger partial charge < -0.3 is 19.7 Å². The average Bonchev–Trinajstić information content (AvgIpc) is 3.04. The molecule has 1 N–H and O–H groups in total. The quantitative estimate of drug-likeness (QED) is 0.618. The van der Waals surface area contributed by atoms with Crippen LogP contribution >= 0.6 is 0 Å². The number of carbonyl (C=O) groups is 1. The fourth-order valence-electron chi connectivity index (χ4n) is 6.43. The summed E-state index contributed by atoms with van der Waals surface area (Å²) in [4.78, 5) is 26.0. The molecule has 8 nitrogen and oxygen atoms in total. The summed E-state index contributed by atoms with van der Waals surface area (Å²) in [5.41, 5.74) is 5.49. The Morgan fingerprint density at radius 2 is 1.92 bits per heavy atom. The van der Waals surface area contributed by atoms with Gasteiger partial charge in [-0.15, -0.1) is 0 Å². The molecule has 0 spiro atoms. The first-order valence-corrected chi connectivity index (χ1v) is 13.7. The molecule has 2 aromatic rings. The Balaban J connectivity index is 1.19. The highest BCUT2D eigenvalue weighted by Gasteiger charge is 2.36. The number of nitrogens with zero attached hydrogens (tertiary/aromatic N) is 4. The number of hydrogen-bond acceptors (Lipinski definition) is 7. The van der Waals surface area contributed by atoms with Crippen LogP contribution in [0.4, 0.5) is 11.5 Å². The third-order valence-corrected chi connectivity index (χ3v) is 8.61. The van der Waals surface area contributed by atoms with Crippen molar-refractivity contribution in [2.24, 2.45) is 0 Å². The lowest BCUT2D eigenvalue weighted by molar-refractivity contribution is -0.133. The lowest BCUT2D eigenvalue weighted by Crippen LogP contribution is -2.61. The number of aryl methyl sites for hydroxylation is 1. The first-order chi connectivity index (χ1) is 18.0. The number of carbonyl (C=O) groups excluding carboxylic acids is 1. The molecule has 6 heterocycles. The number of pyridine rings is 2. The number of amides is 1. The minimum Gasteiger partial charge on any atom is -0.482 e. The molecule has 1 amide bonds. The highest BCUT2D eigenvalue weighted by atomic mass is 16.5. The molecule has 196 valence electrons. The zero-order valence-electron chi connectivity index (χ0n) is 21.9. The molecule has 0 saturated carbocycles. The summed E-state index contributed by atoms with van der Waals surface area (Å²) in [5, 5.41) is 3.64. The smallest absolute Gasteiger partial charge is 0.246 e. The topological polar surface area (TPSA) is 79.8 Å². The van der Waals surface area contributed by atoms with Gasteiger partial charge in [-0.05, 0) is 82.3 Å². The molecule has 0 radical (unpaired) electrons. The zero-order chi connectivity index (χ0) is 25.5. The van der Waals surface area contributed by atoms with Crippen LogP contribution < -0.4 is 10.1 Å². The van der Waals surface area contributed by atoms with Crippen molar-refractivity contribution in [3.63, 3.8) is 0 Å². The summed E-state index contributed by atoms with van der Waals surface area (Å²) in [5.74, 6) is 2.64. The molecule has 0 bridgehead atoms. The predicted octanol–water partition coefficient (Wildman–Crippen LogP) is 4.45. The van der Waals surface area contributed by atoms with Crippen molar-refractivity contribution in [2.75, 3.05) is 44.7 Å². The van der Waals surface area contributed by atoms with E-state index in [1.165, 1.54) is 11.6 Å². The summed E-state index contributed by atoms with van der Waals surface area (Å²) in [6.45, 7) is 13.1. The Morgan fingerprint density at radius 1 is 1.16 bits per heavy atom. The van der Waals surface area contributed by atoms with Crippen LogP contribution in [-0.2, 0) is 9.53 Å². The lowest BCUT2D eigenvalue weighted by Gasteiger charge is -2.47. The highest BCUT2D eigenvalue weighted by Crippen LogP contribution is 2.44. The van der Waals surface area contributed by atoms with E-state index in [-0.39, 0.29) is 12.0 Å². The molecule has 4 aliphatic rings. The molecule has 0 aliphatic carbocycles. The van der Waals surface area contributed by atoms with Crippen LogP contribution in [0.5, 0.6) is 5.75 Å². The van der Waals surface area contributed by atoms with Gasteiger partial charge in [-0.1, -0.05) is 6.58 Å². The fourth-order valence-corrected chi connectivity index (χ4v) is 6.43. The van der Waals surface area contributed by atoms with E-state index in [9.17, 15) is 4.79 Å². The number of ether oxygens (including phenoxy) is 2. The number of aromatic nitrogens is 2. The van der Waals surface area contributed by atoms with Gasteiger partial charge in [0.1, 0.15) is 11.9 Å². The van der Waals surface area contributed by atoms with Gasteiger partial charge in [-0.3, -0.25) is 14.7 Å². The second kappa shape index (κ2) is 10.1. The van der Waals surface area contributed by atoms with Crippen LogP contribution in [0, 0.1) is 6.92 Å². The van der Waals surface area contributed by atoms with E-state index in [4.69, 9.17) is 19.4 Å². The van der Waals surface area contributed by atoms with Crippen LogP contribution in [-0.4, -0.2) is 71.1 Å². The highest BCUT2D eigenvalue weighted by molar-refractivity contribution is 5.87. The number of anilines is 2. The second-order valence-corrected chi connectivity index (χ2v) is 10.9. The van der Waals surface area contributed by atoms with Crippen molar-refractivity contribution in [3.05, 3.63) is 53.5 Å². The molecular formula is C29H37N5O3. The summed E-state index contributed by atoms with van der Waals surface area (Å²) < 4.78 is 12.2. The van der Waals surface area contributed by atoms with E-state index in [1.807, 2.05) is 18.0 Å². The lowest BCUT2D eigenvalue weighted by atomic mass is 9.87. The Morgan fingerprint density at radius 3 is 2.65 bits per heavy atom. The average molecular weight is 504 g/mol. The largest absolute Gasteiger partial charge is 0.482 e. The van der Waals surface area contributed by atoms with Crippen molar-refractivity contribution >= 4 is 17.4 Å². The molecule has 37 heavy (non-hydrogen) atoms. The van der Waals surface area contributed by atoms with Crippen molar-refractivity contribution in [1.29, 1.82) is 0 Å². The van der Waals surface area contributed by atoms with E-state index in [0.717, 1.165) is 99.3 Å². The normalized spacial score (nSPS) is 23.2. The van der Waals surface area contributed by atoms with Gasteiger partial charge in [0.2, 0.25) is 5.91 Å². The van der Waals surface area contributed by atoms with Crippen LogP contribution in [0.3, 0.4) is 0 Å². The van der Waals surface area contributed by atoms with Crippen molar-refractivity contribution < 1.29 is 14.3 Å². The van der Waals surface area contributed by atoms with Gasteiger partial charge in [0.05, 0.1) is 11.4 Å². The molecule has 4 aliphatic heterocycles. The van der Waals surface area contributed by atoms with Crippen LogP contribution in [0.25, 0.3) is 0 Å². The summed E-state index contributed by atoms with van der Waals surface area (Å²) in [6, 6.07) is 4.81. The molecule has 3 fully saturated rings. The van der Waals surface area contributed by atoms with Crippen LogP contribution in [0.15, 0.2) is 31.0 Å². The summed E-state index contributed by atoms with van der Waals surface area (Å²) in [6.07, 6.45) is 7.41. The molecule has 6 rings (SSSR count). The van der Waals surface area contributed by atoms with Gasteiger partial charge >= 0.3 is 0 Å². The van der Waals surface area contributed by atoms with Crippen molar-refractivity contribution in [2.45, 2.75) is 63.5 Å². The number of likely N-dealkylation sites (tertiary alicyclic amines) is 2. The SMILES string of the molecule is C=CC(=O)N1CC(N2CCC(c3cc4c(c(C)n3)O[C@@H](C)c3c(C5CCOCC5)ccnc3N4)CC2)C1. The molecule has 2 aromatic heterocycles. The van der Waals surface area contributed by atoms with Gasteiger partial charge in [-0.25, -0.2) is 4.98 Å². The maximum Gasteiger partial charge on any atom is 0.246 e. The first kappa shape index (κ1) is 24.4. The number of nitrogens with one attached hydrogen (secondary N) is 1. The third-order valence-electron chi connectivity index (χ3n) is 8.61. The van der Waals surface area contributed by atoms with Gasteiger partial charge in [0.25, 0.3) is 0 Å². The fraction of sp³-hybridized carbons (Fsp3) is 0.552. The minimum atomic E-state index is -0.111. The number of fused-ring (bicyclic) bond motifs is 2. The molecule has 1 atom stereocenters. The minimum absolute atomic E-state index is 0.0377. The summed E-state index contributed by atoms with van der Waals surface area (Å²) >= 11 is 0. The number of rotatable bonds is 4. The Bertz CT molecular complexity index is 1180. The molecule has 3 saturated heterocycles.